The molecule has 0 aliphatic carbocycles. The maximum absolute atomic E-state index is 13.1. The SMILES string of the molecule is C[N+]1(CCOc2ccccc2)CCC(OC(=O)C(O)(c2cccs2)c2cccs2)CC1. The van der Waals surface area contributed by atoms with E-state index in [2.05, 4.69) is 7.05 Å². The number of aliphatic hydroxyl groups is 1. The quantitative estimate of drug-likeness (QED) is 0.404. The molecule has 3 aromatic rings. The number of thiophene rings is 2. The van der Waals surface area contributed by atoms with Crippen molar-refractivity contribution in [1.29, 1.82) is 0 Å². The summed E-state index contributed by atoms with van der Waals surface area (Å²) >= 11 is 2.73. The number of hydrogen-bond acceptors (Lipinski definition) is 6. The second-order valence-electron chi connectivity index (χ2n) is 8.22. The lowest BCUT2D eigenvalue weighted by molar-refractivity contribution is -0.915. The normalized spacial score (nSPS) is 21.5. The van der Waals surface area contributed by atoms with Gasteiger partial charge < -0.3 is 19.1 Å². The minimum Gasteiger partial charge on any atom is -0.488 e. The molecule has 0 spiro atoms. The molecule has 1 aliphatic rings. The van der Waals surface area contributed by atoms with Crippen molar-refractivity contribution in [1.82, 2.24) is 0 Å². The Kier molecular flexibility index (Phi) is 6.77. The van der Waals surface area contributed by atoms with Crippen LogP contribution in [0.25, 0.3) is 0 Å². The summed E-state index contributed by atoms with van der Waals surface area (Å²) < 4.78 is 12.6. The summed E-state index contributed by atoms with van der Waals surface area (Å²) in [5.41, 5.74) is -1.73. The van der Waals surface area contributed by atoms with Crippen LogP contribution in [0.5, 0.6) is 5.75 Å². The van der Waals surface area contributed by atoms with Crippen LogP contribution in [0.3, 0.4) is 0 Å². The number of piperidine rings is 1. The van der Waals surface area contributed by atoms with E-state index in [0.29, 0.717) is 16.4 Å². The Hall–Kier alpha value is -2.19. The predicted molar refractivity (Wildman–Crippen MR) is 123 cm³/mol. The van der Waals surface area contributed by atoms with Gasteiger partial charge in [0.05, 0.1) is 29.9 Å². The van der Waals surface area contributed by atoms with Gasteiger partial charge in [-0.1, -0.05) is 30.3 Å². The summed E-state index contributed by atoms with van der Waals surface area (Å²) in [4.78, 5) is 14.3. The molecule has 1 fully saturated rings. The Balaban J connectivity index is 1.33. The molecule has 7 heteroatoms. The van der Waals surface area contributed by atoms with Crippen LogP contribution in [0.15, 0.2) is 65.4 Å². The van der Waals surface area contributed by atoms with Gasteiger partial charge in [0.2, 0.25) is 5.60 Å². The van der Waals surface area contributed by atoms with Gasteiger partial charge in [0.1, 0.15) is 25.0 Å². The number of ether oxygens (including phenoxy) is 2. The molecule has 0 atom stereocenters. The molecule has 0 unspecified atom stereocenters. The van der Waals surface area contributed by atoms with Crippen molar-refractivity contribution in [2.75, 3.05) is 33.3 Å². The number of likely N-dealkylation sites (tertiary alicyclic amines) is 1. The van der Waals surface area contributed by atoms with Crippen LogP contribution >= 0.6 is 22.7 Å². The van der Waals surface area contributed by atoms with Gasteiger partial charge >= 0.3 is 5.97 Å². The zero-order valence-electron chi connectivity index (χ0n) is 17.6. The van der Waals surface area contributed by atoms with E-state index in [1.807, 2.05) is 53.2 Å². The van der Waals surface area contributed by atoms with E-state index >= 15 is 0 Å². The molecule has 1 saturated heterocycles. The highest BCUT2D eigenvalue weighted by molar-refractivity contribution is 7.12. The lowest BCUT2D eigenvalue weighted by Crippen LogP contribution is -2.53. The van der Waals surface area contributed by atoms with E-state index in [-0.39, 0.29) is 6.10 Å². The molecule has 1 aromatic carbocycles. The van der Waals surface area contributed by atoms with Crippen LogP contribution in [0.4, 0.5) is 0 Å². The smallest absolute Gasteiger partial charge is 0.349 e. The third-order valence-electron chi connectivity index (χ3n) is 5.95. The fraction of sp³-hybridized carbons (Fsp3) is 0.375. The fourth-order valence-electron chi connectivity index (χ4n) is 3.94. The van der Waals surface area contributed by atoms with Crippen LogP contribution in [0.2, 0.25) is 0 Å². The third-order valence-corrected chi connectivity index (χ3v) is 7.91. The van der Waals surface area contributed by atoms with Gasteiger partial charge in [-0.25, -0.2) is 4.79 Å². The van der Waals surface area contributed by atoms with Crippen LogP contribution in [-0.2, 0) is 15.1 Å². The highest BCUT2D eigenvalue weighted by Gasteiger charge is 2.45. The molecule has 1 aliphatic heterocycles. The Morgan fingerprint density at radius 1 is 1.03 bits per heavy atom. The van der Waals surface area contributed by atoms with E-state index in [9.17, 15) is 9.90 Å². The molecule has 1 N–H and O–H groups in total. The van der Waals surface area contributed by atoms with Crippen molar-refractivity contribution in [3.05, 3.63) is 75.1 Å². The summed E-state index contributed by atoms with van der Waals surface area (Å²) in [6, 6.07) is 17.1. The van der Waals surface area contributed by atoms with E-state index < -0.39 is 11.6 Å². The molecule has 0 radical (unpaired) electrons. The van der Waals surface area contributed by atoms with Gasteiger partial charge in [-0.2, -0.15) is 0 Å². The number of nitrogens with zero attached hydrogens (tertiary/aromatic N) is 1. The molecule has 31 heavy (non-hydrogen) atoms. The summed E-state index contributed by atoms with van der Waals surface area (Å²) in [6.45, 7) is 3.38. The molecule has 0 saturated carbocycles. The first-order valence-corrected chi connectivity index (χ1v) is 12.3. The number of carbonyl (C=O) groups excluding carboxylic acids is 1. The van der Waals surface area contributed by atoms with Gasteiger partial charge in [-0.05, 0) is 35.0 Å². The van der Waals surface area contributed by atoms with Crippen molar-refractivity contribution >= 4 is 28.6 Å². The number of likely N-dealkylation sites (N-methyl/N-ethyl adjacent to an activating group) is 1. The minimum atomic E-state index is -1.73. The number of quaternary nitrogens is 1. The van der Waals surface area contributed by atoms with Crippen molar-refractivity contribution in [3.63, 3.8) is 0 Å². The second-order valence-corrected chi connectivity index (χ2v) is 10.1. The first-order valence-electron chi connectivity index (χ1n) is 10.5. The molecular weight excluding hydrogens is 430 g/mol. The van der Waals surface area contributed by atoms with Crippen molar-refractivity contribution < 1.29 is 23.9 Å². The predicted octanol–water partition coefficient (Wildman–Crippen LogP) is 4.28. The first-order chi connectivity index (χ1) is 15.0. The summed E-state index contributed by atoms with van der Waals surface area (Å²) in [6.07, 6.45) is 1.37. The Morgan fingerprint density at radius 3 is 2.19 bits per heavy atom. The molecule has 3 heterocycles. The van der Waals surface area contributed by atoms with Crippen LogP contribution in [0.1, 0.15) is 22.6 Å². The largest absolute Gasteiger partial charge is 0.488 e. The zero-order valence-corrected chi connectivity index (χ0v) is 19.2. The zero-order chi connectivity index (χ0) is 21.7. The summed E-state index contributed by atoms with van der Waals surface area (Å²) in [7, 11) is 2.22. The molecular formula is C24H28NO4S2+. The van der Waals surface area contributed by atoms with Crippen LogP contribution in [0, 0.1) is 0 Å². The van der Waals surface area contributed by atoms with Crippen molar-refractivity contribution in [3.8, 4) is 5.75 Å². The number of hydrogen-bond donors (Lipinski definition) is 1. The standard InChI is InChI=1S/C24H28NO4S2/c1-25(15-16-28-19-7-3-2-4-8-19)13-11-20(12-14-25)29-23(26)24(27,21-9-5-17-30-21)22-10-6-18-31-22/h2-10,17-18,20,27H,11-16H2,1H3/q+1. The Bertz CT molecular complexity index is 915. The molecule has 4 rings (SSSR count). The number of carbonyl (C=O) groups is 1. The first kappa shape index (κ1) is 22.0. The average Bonchev–Trinajstić information content (AvgIpc) is 3.51. The van der Waals surface area contributed by atoms with E-state index in [4.69, 9.17) is 9.47 Å². The number of benzene rings is 1. The lowest BCUT2D eigenvalue weighted by atomic mass is 9.99. The van der Waals surface area contributed by atoms with Gasteiger partial charge in [-0.3, -0.25) is 0 Å². The molecule has 164 valence electrons. The number of rotatable bonds is 8. The molecule has 5 nitrogen and oxygen atoms in total. The third kappa shape index (κ3) is 5.01. The minimum absolute atomic E-state index is 0.180. The van der Waals surface area contributed by atoms with Gasteiger partial charge in [0.25, 0.3) is 0 Å². The second kappa shape index (κ2) is 9.53. The van der Waals surface area contributed by atoms with Crippen molar-refractivity contribution in [2.24, 2.45) is 0 Å². The monoisotopic (exact) mass is 458 g/mol. The molecule has 2 aromatic heterocycles. The Morgan fingerprint density at radius 2 is 1.65 bits per heavy atom. The lowest BCUT2D eigenvalue weighted by Gasteiger charge is -2.40. The summed E-state index contributed by atoms with van der Waals surface area (Å²) in [5.74, 6) is 0.310. The number of para-hydroxylation sites is 1. The van der Waals surface area contributed by atoms with Crippen LogP contribution in [-0.4, -0.2) is 55.0 Å². The Labute approximate surface area is 191 Å². The van der Waals surface area contributed by atoms with E-state index in [0.717, 1.165) is 42.7 Å². The van der Waals surface area contributed by atoms with E-state index in [1.54, 1.807) is 12.1 Å². The van der Waals surface area contributed by atoms with Gasteiger partial charge in [0.15, 0.2) is 0 Å². The topological polar surface area (TPSA) is 55.8 Å². The maximum Gasteiger partial charge on any atom is 0.349 e. The van der Waals surface area contributed by atoms with Gasteiger partial charge in [0, 0.05) is 12.8 Å². The van der Waals surface area contributed by atoms with Crippen molar-refractivity contribution in [2.45, 2.75) is 24.5 Å². The molecule has 0 bridgehead atoms. The average molecular weight is 459 g/mol. The molecule has 0 amide bonds. The number of esters is 1. The maximum atomic E-state index is 13.1. The fourth-order valence-corrected chi connectivity index (χ4v) is 5.65. The highest BCUT2D eigenvalue weighted by atomic mass is 32.1. The van der Waals surface area contributed by atoms with Gasteiger partial charge in [-0.15, -0.1) is 22.7 Å². The highest BCUT2D eigenvalue weighted by Crippen LogP contribution is 2.37. The van der Waals surface area contributed by atoms with Crippen LogP contribution < -0.4 is 4.74 Å². The van der Waals surface area contributed by atoms with E-state index in [1.165, 1.54) is 22.7 Å². The summed E-state index contributed by atoms with van der Waals surface area (Å²) in [5, 5.41) is 15.1.